The van der Waals surface area contributed by atoms with E-state index in [9.17, 15) is 9.59 Å². The fraction of sp³-hybridized carbons (Fsp3) is 0.467. The summed E-state index contributed by atoms with van der Waals surface area (Å²) < 4.78 is 5.36. The lowest BCUT2D eigenvalue weighted by Crippen LogP contribution is -2.39. The van der Waals surface area contributed by atoms with Gasteiger partial charge in [0.15, 0.2) is 5.78 Å². The van der Waals surface area contributed by atoms with Gasteiger partial charge in [0, 0.05) is 18.1 Å². The Morgan fingerprint density at radius 1 is 1.24 bits per heavy atom. The lowest BCUT2D eigenvalue weighted by molar-refractivity contribution is -0.141. The largest absolute Gasteiger partial charge is 0.484 e. The van der Waals surface area contributed by atoms with Crippen LogP contribution in [0, 0.1) is 5.92 Å². The van der Waals surface area contributed by atoms with Crippen molar-refractivity contribution in [1.29, 1.82) is 0 Å². The minimum absolute atomic E-state index is 0.184. The molecule has 4 nitrogen and oxygen atoms in total. The second-order valence-corrected chi connectivity index (χ2v) is 5.41. The Labute approximate surface area is 135 Å². The van der Waals surface area contributed by atoms with Crippen molar-refractivity contribution in [3.63, 3.8) is 0 Å². The van der Waals surface area contributed by atoms with Crippen molar-refractivity contribution >= 4 is 34.9 Å². The van der Waals surface area contributed by atoms with Crippen molar-refractivity contribution in [1.82, 2.24) is 4.90 Å². The number of halogens is 2. The van der Waals surface area contributed by atoms with Crippen molar-refractivity contribution in [2.75, 3.05) is 19.7 Å². The number of benzene rings is 1. The molecule has 1 aromatic carbocycles. The topological polar surface area (TPSA) is 46.6 Å². The maximum Gasteiger partial charge on any atom is 0.232 e. The van der Waals surface area contributed by atoms with E-state index in [0.29, 0.717) is 28.9 Å². The van der Waals surface area contributed by atoms with Crippen molar-refractivity contribution in [2.24, 2.45) is 5.92 Å². The van der Waals surface area contributed by atoms with Crippen molar-refractivity contribution in [3.05, 3.63) is 28.2 Å². The smallest absolute Gasteiger partial charge is 0.232 e. The van der Waals surface area contributed by atoms with Crippen LogP contribution in [0.15, 0.2) is 18.2 Å². The highest BCUT2D eigenvalue weighted by Crippen LogP contribution is 2.27. The minimum atomic E-state index is -0.726. The molecule has 1 aromatic rings. The second-order valence-electron chi connectivity index (χ2n) is 4.56. The number of carbonyl (C=O) groups excluding carboxylic acids is 2. The van der Waals surface area contributed by atoms with E-state index in [2.05, 4.69) is 0 Å². The van der Waals surface area contributed by atoms with Gasteiger partial charge in [-0.25, -0.2) is 0 Å². The summed E-state index contributed by atoms with van der Waals surface area (Å²) in [5, 5.41) is 0.821. The van der Waals surface area contributed by atoms with Crippen molar-refractivity contribution in [2.45, 2.75) is 20.8 Å². The molecule has 1 rings (SSSR count). The van der Waals surface area contributed by atoms with Gasteiger partial charge in [0.05, 0.1) is 10.9 Å². The van der Waals surface area contributed by atoms with Crippen LogP contribution in [0.5, 0.6) is 5.75 Å². The predicted octanol–water partition coefficient (Wildman–Crippen LogP) is 3.45. The van der Waals surface area contributed by atoms with Gasteiger partial charge in [0.25, 0.3) is 0 Å². The molecule has 0 N–H and O–H groups in total. The number of carbonyl (C=O) groups is 2. The zero-order valence-electron chi connectivity index (χ0n) is 12.4. The summed E-state index contributed by atoms with van der Waals surface area (Å²) in [4.78, 5) is 25.7. The number of amides is 1. The Kier molecular flexibility index (Phi) is 6.99. The summed E-state index contributed by atoms with van der Waals surface area (Å²) >= 11 is 11.7. The molecule has 1 amide bonds. The standard InChI is InChI=1S/C15H19Cl2NO3/c1-4-18(5-2)15(20)10(3)13(19)9-21-14-7-6-11(16)8-12(14)17/h6-8,10H,4-5,9H2,1-3H3. The lowest BCUT2D eigenvalue weighted by Gasteiger charge is -2.22. The van der Waals surface area contributed by atoms with Gasteiger partial charge in [-0.05, 0) is 39.0 Å². The maximum absolute atomic E-state index is 12.1. The number of ketones is 1. The molecule has 0 bridgehead atoms. The Balaban J connectivity index is 2.62. The van der Waals surface area contributed by atoms with E-state index in [1.54, 1.807) is 24.0 Å². The summed E-state index contributed by atoms with van der Waals surface area (Å²) in [5.41, 5.74) is 0. The van der Waals surface area contributed by atoms with Crippen LogP contribution in [0.4, 0.5) is 0 Å². The third-order valence-electron chi connectivity index (χ3n) is 3.19. The maximum atomic E-state index is 12.1. The Morgan fingerprint density at radius 2 is 1.86 bits per heavy atom. The van der Waals surface area contributed by atoms with Gasteiger partial charge in [-0.2, -0.15) is 0 Å². The molecule has 1 unspecified atom stereocenters. The fourth-order valence-electron chi connectivity index (χ4n) is 1.81. The van der Waals surface area contributed by atoms with Crippen molar-refractivity contribution < 1.29 is 14.3 Å². The average Bonchev–Trinajstić information content (AvgIpc) is 2.46. The first-order chi connectivity index (χ1) is 9.90. The monoisotopic (exact) mass is 331 g/mol. The first-order valence-electron chi connectivity index (χ1n) is 6.80. The summed E-state index contributed by atoms with van der Waals surface area (Å²) in [6.45, 7) is 6.31. The first kappa shape index (κ1) is 17.8. The molecule has 0 aliphatic carbocycles. The molecular formula is C15H19Cl2NO3. The van der Waals surface area contributed by atoms with Gasteiger partial charge in [0.1, 0.15) is 12.4 Å². The third kappa shape index (κ3) is 4.90. The second kappa shape index (κ2) is 8.25. The van der Waals surface area contributed by atoms with Crippen LogP contribution in [0.1, 0.15) is 20.8 Å². The molecule has 0 saturated heterocycles. The van der Waals surface area contributed by atoms with Gasteiger partial charge >= 0.3 is 0 Å². The molecule has 0 aromatic heterocycles. The fourth-order valence-corrected chi connectivity index (χ4v) is 2.28. The molecule has 1 atom stereocenters. The van der Waals surface area contributed by atoms with E-state index in [0.717, 1.165) is 0 Å². The van der Waals surface area contributed by atoms with E-state index in [1.165, 1.54) is 6.07 Å². The Hall–Kier alpha value is -1.26. The van der Waals surface area contributed by atoms with Crippen LogP contribution in [0.3, 0.4) is 0 Å². The molecular weight excluding hydrogens is 313 g/mol. The van der Waals surface area contributed by atoms with Crippen LogP contribution in [0.25, 0.3) is 0 Å². The van der Waals surface area contributed by atoms with Gasteiger partial charge < -0.3 is 9.64 Å². The molecule has 0 saturated carbocycles. The molecule has 6 heteroatoms. The van der Waals surface area contributed by atoms with Crippen molar-refractivity contribution in [3.8, 4) is 5.75 Å². The van der Waals surface area contributed by atoms with Crippen LogP contribution < -0.4 is 4.74 Å². The Morgan fingerprint density at radius 3 is 2.38 bits per heavy atom. The molecule has 0 spiro atoms. The van der Waals surface area contributed by atoms with E-state index in [1.807, 2.05) is 13.8 Å². The normalized spacial score (nSPS) is 11.9. The number of hydrogen-bond donors (Lipinski definition) is 0. The SMILES string of the molecule is CCN(CC)C(=O)C(C)C(=O)COc1ccc(Cl)cc1Cl. The zero-order chi connectivity index (χ0) is 16.0. The highest BCUT2D eigenvalue weighted by atomic mass is 35.5. The number of ether oxygens (including phenoxy) is 1. The molecule has 0 fully saturated rings. The minimum Gasteiger partial charge on any atom is -0.484 e. The molecule has 0 aliphatic heterocycles. The summed E-state index contributed by atoms with van der Waals surface area (Å²) in [6.07, 6.45) is 0. The molecule has 0 heterocycles. The average molecular weight is 332 g/mol. The number of Topliss-reactive ketones (excluding diaryl/α,β-unsaturated/α-hetero) is 1. The van der Waals surface area contributed by atoms with Gasteiger partial charge in [0.2, 0.25) is 5.91 Å². The van der Waals surface area contributed by atoms with E-state index < -0.39 is 5.92 Å². The van der Waals surface area contributed by atoms with Gasteiger partial charge in [-0.1, -0.05) is 23.2 Å². The number of rotatable bonds is 7. The van der Waals surface area contributed by atoms with E-state index in [4.69, 9.17) is 27.9 Å². The summed E-state index contributed by atoms with van der Waals surface area (Å²) in [6, 6.07) is 4.75. The lowest BCUT2D eigenvalue weighted by atomic mass is 10.1. The quantitative estimate of drug-likeness (QED) is 0.719. The van der Waals surface area contributed by atoms with Crippen LogP contribution in [-0.2, 0) is 9.59 Å². The third-order valence-corrected chi connectivity index (χ3v) is 3.72. The van der Waals surface area contributed by atoms with E-state index >= 15 is 0 Å². The van der Waals surface area contributed by atoms with Crippen LogP contribution >= 0.6 is 23.2 Å². The zero-order valence-corrected chi connectivity index (χ0v) is 13.9. The van der Waals surface area contributed by atoms with Gasteiger partial charge in [-0.3, -0.25) is 9.59 Å². The summed E-state index contributed by atoms with van der Waals surface area (Å²) in [5.74, 6) is -0.818. The molecule has 21 heavy (non-hydrogen) atoms. The molecule has 0 radical (unpaired) electrons. The van der Waals surface area contributed by atoms with Crippen LogP contribution in [0.2, 0.25) is 10.0 Å². The summed E-state index contributed by atoms with van der Waals surface area (Å²) in [7, 11) is 0. The predicted molar refractivity (Wildman–Crippen MR) is 84.1 cm³/mol. The first-order valence-corrected chi connectivity index (χ1v) is 7.55. The van der Waals surface area contributed by atoms with Crippen LogP contribution in [-0.4, -0.2) is 36.3 Å². The molecule has 116 valence electrons. The van der Waals surface area contributed by atoms with Gasteiger partial charge in [-0.15, -0.1) is 0 Å². The highest BCUT2D eigenvalue weighted by molar-refractivity contribution is 6.35. The number of nitrogens with zero attached hydrogens (tertiary/aromatic N) is 1. The highest BCUT2D eigenvalue weighted by Gasteiger charge is 2.25. The molecule has 0 aliphatic rings. The van der Waals surface area contributed by atoms with E-state index in [-0.39, 0.29) is 18.3 Å². The Bertz CT molecular complexity index is 516. The number of hydrogen-bond acceptors (Lipinski definition) is 3.